The summed E-state index contributed by atoms with van der Waals surface area (Å²) in [5.74, 6) is 0.985. The number of aliphatic carboxylic acids is 1. The maximum Gasteiger partial charge on any atom is 0.320 e. The van der Waals surface area contributed by atoms with Gasteiger partial charge in [0.1, 0.15) is 6.04 Å². The molecule has 3 rings (SSSR count). The normalized spacial score (nSPS) is 30.5. The van der Waals surface area contributed by atoms with Gasteiger partial charge in [0.2, 0.25) is 0 Å². The van der Waals surface area contributed by atoms with E-state index in [1.165, 1.54) is 32.2 Å². The van der Waals surface area contributed by atoms with E-state index in [9.17, 15) is 4.79 Å². The van der Waals surface area contributed by atoms with Crippen LogP contribution in [0.4, 0.5) is 0 Å². The highest BCUT2D eigenvalue weighted by Gasteiger charge is 2.50. The summed E-state index contributed by atoms with van der Waals surface area (Å²) in [6.45, 7) is 15.3. The van der Waals surface area contributed by atoms with Crippen LogP contribution in [0.1, 0.15) is 66.7 Å². The van der Waals surface area contributed by atoms with Gasteiger partial charge in [-0.1, -0.05) is 34.6 Å². The second-order valence-electron chi connectivity index (χ2n) is 9.31. The predicted octanol–water partition coefficient (Wildman–Crippen LogP) is 3.19. The molecule has 26 heavy (non-hydrogen) atoms. The van der Waals surface area contributed by atoms with Gasteiger partial charge < -0.3 is 21.1 Å². The third kappa shape index (κ3) is 6.50. The Hall–Kier alpha value is -0.650. The zero-order valence-electron chi connectivity index (χ0n) is 18.0. The fraction of sp³-hybridized carbons (Fsp3) is 0.952. The first-order valence-electron chi connectivity index (χ1n) is 10.5. The van der Waals surface area contributed by atoms with E-state index in [0.29, 0.717) is 17.3 Å². The van der Waals surface area contributed by atoms with Gasteiger partial charge in [-0.15, -0.1) is 0 Å². The topological polar surface area (TPSA) is 78.6 Å². The SMILES string of the molecule is CC.CC1CC2(C1)CN(CCC(N)C(=O)O)C2.CNCC1(C)CC(C)C1. The number of rotatable bonds is 6. The number of carboxylic acid groups (broad SMARTS) is 1. The Morgan fingerprint density at radius 2 is 1.69 bits per heavy atom. The van der Waals surface area contributed by atoms with Gasteiger partial charge in [-0.2, -0.15) is 0 Å². The predicted molar refractivity (Wildman–Crippen MR) is 109 cm³/mol. The molecule has 5 nitrogen and oxygen atoms in total. The number of carboxylic acids is 1. The lowest BCUT2D eigenvalue weighted by Gasteiger charge is -2.59. The van der Waals surface area contributed by atoms with Crippen molar-refractivity contribution in [2.24, 2.45) is 28.4 Å². The summed E-state index contributed by atoms with van der Waals surface area (Å²) in [7, 11) is 2.04. The van der Waals surface area contributed by atoms with Crippen LogP contribution in [0.5, 0.6) is 0 Å². The summed E-state index contributed by atoms with van der Waals surface area (Å²) in [6, 6.07) is -0.693. The van der Waals surface area contributed by atoms with Crippen LogP contribution in [0.15, 0.2) is 0 Å². The largest absolute Gasteiger partial charge is 0.480 e. The van der Waals surface area contributed by atoms with Crippen molar-refractivity contribution in [2.75, 3.05) is 33.2 Å². The Kier molecular flexibility index (Phi) is 9.04. The highest BCUT2D eigenvalue weighted by atomic mass is 16.4. The molecule has 3 aliphatic rings. The first-order chi connectivity index (χ1) is 12.2. The van der Waals surface area contributed by atoms with Crippen molar-refractivity contribution >= 4 is 5.97 Å². The van der Waals surface area contributed by atoms with Crippen LogP contribution in [0.2, 0.25) is 0 Å². The number of nitrogens with two attached hydrogens (primary N) is 1. The Balaban J connectivity index is 0.000000263. The van der Waals surface area contributed by atoms with Gasteiger partial charge >= 0.3 is 5.97 Å². The van der Waals surface area contributed by atoms with Crippen molar-refractivity contribution < 1.29 is 9.90 Å². The van der Waals surface area contributed by atoms with E-state index in [4.69, 9.17) is 10.8 Å². The summed E-state index contributed by atoms with van der Waals surface area (Å²) >= 11 is 0. The second kappa shape index (κ2) is 10.0. The highest BCUT2D eigenvalue weighted by molar-refractivity contribution is 5.72. The van der Waals surface area contributed by atoms with Gasteiger partial charge in [-0.25, -0.2) is 0 Å². The number of hydrogen-bond acceptors (Lipinski definition) is 4. The molecule has 0 bridgehead atoms. The molecule has 2 aliphatic carbocycles. The van der Waals surface area contributed by atoms with E-state index >= 15 is 0 Å². The lowest BCUT2D eigenvalue weighted by Crippen LogP contribution is -2.62. The fourth-order valence-corrected chi connectivity index (χ4v) is 5.38. The molecule has 4 N–H and O–H groups in total. The quantitative estimate of drug-likeness (QED) is 0.670. The van der Waals surface area contributed by atoms with Crippen LogP contribution < -0.4 is 11.1 Å². The number of hydrogen-bond donors (Lipinski definition) is 3. The van der Waals surface area contributed by atoms with Crippen LogP contribution in [0.3, 0.4) is 0 Å². The Morgan fingerprint density at radius 1 is 1.19 bits per heavy atom. The van der Waals surface area contributed by atoms with Gasteiger partial charge in [0.15, 0.2) is 0 Å². The minimum absolute atomic E-state index is 0.570. The first-order valence-corrected chi connectivity index (χ1v) is 10.5. The number of carbonyl (C=O) groups is 1. The van der Waals surface area contributed by atoms with E-state index in [0.717, 1.165) is 31.5 Å². The Morgan fingerprint density at radius 3 is 2.08 bits per heavy atom. The van der Waals surface area contributed by atoms with Gasteiger partial charge in [-0.05, 0) is 61.8 Å². The molecule has 1 atom stereocenters. The van der Waals surface area contributed by atoms with E-state index in [2.05, 4.69) is 31.0 Å². The Labute approximate surface area is 161 Å². The number of likely N-dealkylation sites (tertiary alicyclic amines) is 1. The third-order valence-electron chi connectivity index (χ3n) is 6.04. The van der Waals surface area contributed by atoms with Crippen LogP contribution in [-0.2, 0) is 4.79 Å². The van der Waals surface area contributed by atoms with Gasteiger partial charge in [-0.3, -0.25) is 4.79 Å². The summed E-state index contributed by atoms with van der Waals surface area (Å²) in [5, 5.41) is 11.9. The Bertz CT molecular complexity index is 415. The van der Waals surface area contributed by atoms with E-state index in [1.54, 1.807) is 0 Å². The highest BCUT2D eigenvalue weighted by Crippen LogP contribution is 2.51. The standard InChI is InChI=1S/C11H20N2O2.C8H17N.C2H6/c1-8-4-11(5-8)6-13(7-11)3-2-9(12)10(14)15;1-7-4-8(2,5-7)6-9-3;1-2/h8-9H,2-7,12H2,1H3,(H,14,15);7,9H,4-6H2,1-3H3;1-2H3. The number of nitrogens with zero attached hydrogens (tertiary/aromatic N) is 1. The molecule has 0 amide bonds. The first kappa shape index (κ1) is 23.4. The minimum atomic E-state index is -0.887. The van der Waals surface area contributed by atoms with Crippen LogP contribution in [-0.4, -0.2) is 55.2 Å². The zero-order chi connectivity index (χ0) is 20.0. The van der Waals surface area contributed by atoms with Crippen molar-refractivity contribution in [3.8, 4) is 0 Å². The molecule has 0 aromatic heterocycles. The smallest absolute Gasteiger partial charge is 0.320 e. The van der Waals surface area contributed by atoms with Crippen LogP contribution >= 0.6 is 0 Å². The van der Waals surface area contributed by atoms with Crippen LogP contribution in [0, 0.1) is 22.7 Å². The third-order valence-corrected chi connectivity index (χ3v) is 6.04. The van der Waals surface area contributed by atoms with E-state index in [1.807, 2.05) is 20.9 Å². The molecule has 0 aromatic rings. The summed E-state index contributed by atoms with van der Waals surface area (Å²) < 4.78 is 0. The summed E-state index contributed by atoms with van der Waals surface area (Å²) in [6.07, 6.45) is 6.10. The monoisotopic (exact) mass is 369 g/mol. The maximum absolute atomic E-state index is 10.5. The molecule has 3 fully saturated rings. The lowest BCUT2D eigenvalue weighted by atomic mass is 9.58. The number of nitrogens with one attached hydrogen (secondary N) is 1. The molecular formula is C21H43N3O2. The molecule has 1 saturated heterocycles. The average Bonchev–Trinajstić information content (AvgIpc) is 2.49. The fourth-order valence-electron chi connectivity index (χ4n) is 5.38. The van der Waals surface area contributed by atoms with Gasteiger partial charge in [0.25, 0.3) is 0 Å². The average molecular weight is 370 g/mol. The molecule has 2 saturated carbocycles. The van der Waals surface area contributed by atoms with Gasteiger partial charge in [0, 0.05) is 26.2 Å². The molecule has 1 aliphatic heterocycles. The van der Waals surface area contributed by atoms with Crippen molar-refractivity contribution in [1.29, 1.82) is 0 Å². The van der Waals surface area contributed by atoms with E-state index in [-0.39, 0.29) is 0 Å². The lowest BCUT2D eigenvalue weighted by molar-refractivity contribution is -0.139. The minimum Gasteiger partial charge on any atom is -0.480 e. The zero-order valence-corrected chi connectivity index (χ0v) is 18.0. The van der Waals surface area contributed by atoms with E-state index < -0.39 is 12.0 Å². The van der Waals surface area contributed by atoms with Crippen molar-refractivity contribution in [3.63, 3.8) is 0 Å². The molecule has 0 aromatic carbocycles. The molecule has 0 radical (unpaired) electrons. The molecule has 5 heteroatoms. The molecular weight excluding hydrogens is 326 g/mol. The van der Waals surface area contributed by atoms with Crippen molar-refractivity contribution in [1.82, 2.24) is 10.2 Å². The van der Waals surface area contributed by atoms with Crippen molar-refractivity contribution in [2.45, 2.75) is 72.8 Å². The summed E-state index contributed by atoms with van der Waals surface area (Å²) in [4.78, 5) is 12.8. The van der Waals surface area contributed by atoms with Crippen molar-refractivity contribution in [3.05, 3.63) is 0 Å². The molecule has 154 valence electrons. The second-order valence-corrected chi connectivity index (χ2v) is 9.31. The summed E-state index contributed by atoms with van der Waals surface area (Å²) in [5.41, 5.74) is 6.69. The van der Waals surface area contributed by atoms with Crippen LogP contribution in [0.25, 0.3) is 0 Å². The van der Waals surface area contributed by atoms with Gasteiger partial charge in [0.05, 0.1) is 0 Å². The molecule has 1 heterocycles. The molecule has 1 unspecified atom stereocenters. The molecule has 1 spiro atoms. The maximum atomic E-state index is 10.5.